The van der Waals surface area contributed by atoms with Crippen molar-refractivity contribution < 1.29 is 14.3 Å². The summed E-state index contributed by atoms with van der Waals surface area (Å²) < 4.78 is 5.66. The third kappa shape index (κ3) is 4.04. The minimum Gasteiger partial charge on any atom is -0.381 e. The first-order chi connectivity index (χ1) is 16.2. The molecule has 5 rings (SSSR count). The van der Waals surface area contributed by atoms with Crippen molar-refractivity contribution in [1.82, 2.24) is 14.8 Å². The summed E-state index contributed by atoms with van der Waals surface area (Å²) in [6.45, 7) is 4.19. The van der Waals surface area contributed by atoms with E-state index in [2.05, 4.69) is 24.0 Å². The van der Waals surface area contributed by atoms with Crippen molar-refractivity contribution in [1.29, 1.82) is 0 Å². The van der Waals surface area contributed by atoms with Gasteiger partial charge in [0.05, 0.1) is 12.6 Å². The number of carbonyl (C=O) groups excluding carboxylic acids is 2. The number of H-pyrrole nitrogens is 1. The first-order valence-corrected chi connectivity index (χ1v) is 12.0. The minimum absolute atomic E-state index is 0.00432. The summed E-state index contributed by atoms with van der Waals surface area (Å²) in [6, 6.07) is 17.5. The number of para-hydroxylation sites is 1. The van der Waals surface area contributed by atoms with Gasteiger partial charge in [0.15, 0.2) is 0 Å². The molecule has 2 aliphatic rings. The van der Waals surface area contributed by atoms with Gasteiger partial charge in [-0.25, -0.2) is 0 Å². The first-order valence-electron chi connectivity index (χ1n) is 12.0. The van der Waals surface area contributed by atoms with E-state index in [1.807, 2.05) is 47.4 Å². The maximum Gasteiger partial charge on any atom is 0.246 e. The number of hydrogen-bond acceptors (Lipinski definition) is 3. The van der Waals surface area contributed by atoms with Gasteiger partial charge in [-0.1, -0.05) is 61.9 Å². The molecule has 2 amide bonds. The molecule has 33 heavy (non-hydrogen) atoms. The number of fused-ring (bicyclic) bond motifs is 4. The number of ether oxygens (including phenoxy) is 1. The fraction of sp³-hybridized carbons (Fsp3) is 0.407. The molecule has 2 atom stereocenters. The molecule has 0 radical (unpaired) electrons. The maximum atomic E-state index is 13.6. The van der Waals surface area contributed by atoms with Crippen LogP contribution in [0.1, 0.15) is 49.0 Å². The molecule has 0 bridgehead atoms. The van der Waals surface area contributed by atoms with Crippen LogP contribution >= 0.6 is 0 Å². The third-order valence-corrected chi connectivity index (χ3v) is 6.82. The van der Waals surface area contributed by atoms with E-state index >= 15 is 0 Å². The predicted molar refractivity (Wildman–Crippen MR) is 128 cm³/mol. The molecule has 6 heteroatoms. The summed E-state index contributed by atoms with van der Waals surface area (Å²) in [5.41, 5.74) is 4.24. The van der Waals surface area contributed by atoms with Crippen LogP contribution in [-0.2, 0) is 20.7 Å². The summed E-state index contributed by atoms with van der Waals surface area (Å²) in [5.74, 6) is 0.0460. The molecule has 0 saturated carbocycles. The van der Waals surface area contributed by atoms with E-state index in [0.29, 0.717) is 19.6 Å². The molecule has 1 N–H and O–H groups in total. The van der Waals surface area contributed by atoms with E-state index in [1.165, 1.54) is 0 Å². The molecule has 1 unspecified atom stereocenters. The summed E-state index contributed by atoms with van der Waals surface area (Å²) in [7, 11) is 0. The first kappa shape index (κ1) is 21.7. The van der Waals surface area contributed by atoms with Crippen LogP contribution in [0.2, 0.25) is 0 Å². The SMILES string of the molecule is CCCCOCCCN1CC(=O)N2C(c3ccccc3)c3[nH]c4ccccc4c3C[C@H]2C1=O. The molecule has 0 aliphatic carbocycles. The zero-order chi connectivity index (χ0) is 22.8. The summed E-state index contributed by atoms with van der Waals surface area (Å²) in [5, 5.41) is 1.13. The van der Waals surface area contributed by atoms with Crippen LogP contribution in [0.3, 0.4) is 0 Å². The van der Waals surface area contributed by atoms with E-state index in [4.69, 9.17) is 4.74 Å². The van der Waals surface area contributed by atoms with Gasteiger partial charge in [-0.3, -0.25) is 9.59 Å². The largest absolute Gasteiger partial charge is 0.381 e. The number of nitrogens with zero attached hydrogens (tertiary/aromatic N) is 2. The number of amides is 2. The molecule has 2 aromatic carbocycles. The van der Waals surface area contributed by atoms with Gasteiger partial charge in [0.25, 0.3) is 0 Å². The Labute approximate surface area is 194 Å². The lowest BCUT2D eigenvalue weighted by atomic mass is 9.86. The second-order valence-electron chi connectivity index (χ2n) is 8.98. The number of aromatic nitrogens is 1. The lowest BCUT2D eigenvalue weighted by Crippen LogP contribution is -2.63. The summed E-state index contributed by atoms with van der Waals surface area (Å²) in [4.78, 5) is 34.2. The molecule has 1 aromatic heterocycles. The van der Waals surface area contributed by atoms with Crippen molar-refractivity contribution >= 4 is 22.7 Å². The number of benzene rings is 2. The van der Waals surface area contributed by atoms with Crippen LogP contribution in [0, 0.1) is 0 Å². The second kappa shape index (κ2) is 9.40. The smallest absolute Gasteiger partial charge is 0.246 e. The number of carbonyl (C=O) groups is 2. The minimum atomic E-state index is -0.482. The van der Waals surface area contributed by atoms with E-state index < -0.39 is 6.04 Å². The zero-order valence-electron chi connectivity index (χ0n) is 19.1. The number of aromatic amines is 1. The Hall–Kier alpha value is -3.12. The van der Waals surface area contributed by atoms with Gasteiger partial charge in [0.1, 0.15) is 6.04 Å². The average molecular weight is 446 g/mol. The fourth-order valence-electron chi connectivity index (χ4n) is 5.20. The molecular weight excluding hydrogens is 414 g/mol. The summed E-state index contributed by atoms with van der Waals surface area (Å²) in [6.07, 6.45) is 3.44. The topological polar surface area (TPSA) is 65.6 Å². The zero-order valence-corrected chi connectivity index (χ0v) is 19.1. The van der Waals surface area contributed by atoms with Crippen LogP contribution in [0.4, 0.5) is 0 Å². The molecule has 2 aliphatic heterocycles. The van der Waals surface area contributed by atoms with Crippen molar-refractivity contribution in [3.8, 4) is 0 Å². The molecular formula is C27H31N3O3. The lowest BCUT2D eigenvalue weighted by Gasteiger charge is -2.47. The van der Waals surface area contributed by atoms with Gasteiger partial charge in [-0.15, -0.1) is 0 Å². The van der Waals surface area contributed by atoms with E-state index in [1.54, 1.807) is 4.90 Å². The van der Waals surface area contributed by atoms with Crippen molar-refractivity contribution in [2.24, 2.45) is 0 Å². The van der Waals surface area contributed by atoms with Crippen LogP contribution < -0.4 is 0 Å². The highest BCUT2D eigenvalue weighted by atomic mass is 16.5. The molecule has 1 fully saturated rings. The maximum absolute atomic E-state index is 13.6. The Kier molecular flexibility index (Phi) is 6.18. The van der Waals surface area contributed by atoms with Crippen molar-refractivity contribution in [3.05, 3.63) is 71.4 Å². The Morgan fingerprint density at radius 3 is 2.58 bits per heavy atom. The number of nitrogens with one attached hydrogen (secondary N) is 1. The Morgan fingerprint density at radius 1 is 1.00 bits per heavy atom. The van der Waals surface area contributed by atoms with Crippen molar-refractivity contribution in [2.75, 3.05) is 26.3 Å². The standard InChI is InChI=1S/C27H31N3O3/c1-2-3-15-33-16-9-14-29-18-24(31)30-23(27(29)32)17-21-20-12-7-8-13-22(20)28-25(21)26(30)19-10-5-4-6-11-19/h4-8,10-13,23,26,28H,2-3,9,14-18H2,1H3/t23-,26?/m0/s1. The van der Waals surface area contributed by atoms with Crippen molar-refractivity contribution in [2.45, 2.75) is 44.7 Å². The molecule has 3 heterocycles. The highest BCUT2D eigenvalue weighted by Gasteiger charge is 2.47. The van der Waals surface area contributed by atoms with Gasteiger partial charge in [-0.2, -0.15) is 0 Å². The average Bonchev–Trinajstić information content (AvgIpc) is 3.22. The number of rotatable bonds is 8. The monoisotopic (exact) mass is 445 g/mol. The number of hydrogen-bond donors (Lipinski definition) is 1. The molecule has 172 valence electrons. The van der Waals surface area contributed by atoms with Gasteiger partial charge < -0.3 is 19.5 Å². The molecule has 1 saturated heterocycles. The lowest BCUT2D eigenvalue weighted by molar-refractivity contribution is -0.158. The molecule has 3 aromatic rings. The van der Waals surface area contributed by atoms with Gasteiger partial charge in [-0.05, 0) is 30.0 Å². The molecule has 6 nitrogen and oxygen atoms in total. The van der Waals surface area contributed by atoms with Crippen LogP contribution in [-0.4, -0.2) is 58.9 Å². The van der Waals surface area contributed by atoms with Gasteiger partial charge in [0, 0.05) is 42.8 Å². The van der Waals surface area contributed by atoms with Gasteiger partial charge in [0.2, 0.25) is 11.8 Å². The number of piperazine rings is 1. The van der Waals surface area contributed by atoms with E-state index in [9.17, 15) is 9.59 Å². The van der Waals surface area contributed by atoms with Crippen LogP contribution in [0.5, 0.6) is 0 Å². The Balaban J connectivity index is 1.45. The molecule has 0 spiro atoms. The third-order valence-electron chi connectivity index (χ3n) is 6.82. The normalized spacial score (nSPS) is 20.3. The summed E-state index contributed by atoms with van der Waals surface area (Å²) >= 11 is 0. The van der Waals surface area contributed by atoms with Crippen molar-refractivity contribution in [3.63, 3.8) is 0 Å². The second-order valence-corrected chi connectivity index (χ2v) is 8.98. The quantitative estimate of drug-likeness (QED) is 0.532. The number of unbranched alkanes of at least 4 members (excludes halogenated alkanes) is 1. The van der Waals surface area contributed by atoms with Crippen LogP contribution in [0.25, 0.3) is 10.9 Å². The predicted octanol–water partition coefficient (Wildman–Crippen LogP) is 4.06. The van der Waals surface area contributed by atoms with E-state index in [0.717, 1.165) is 53.6 Å². The van der Waals surface area contributed by atoms with Gasteiger partial charge >= 0.3 is 0 Å². The fourth-order valence-corrected chi connectivity index (χ4v) is 5.20. The van der Waals surface area contributed by atoms with Crippen LogP contribution in [0.15, 0.2) is 54.6 Å². The van der Waals surface area contributed by atoms with E-state index in [-0.39, 0.29) is 24.4 Å². The Morgan fingerprint density at radius 2 is 1.76 bits per heavy atom. The Bertz CT molecular complexity index is 1140. The highest BCUT2D eigenvalue weighted by Crippen LogP contribution is 2.42. The highest BCUT2D eigenvalue weighted by molar-refractivity contribution is 5.97.